The van der Waals surface area contributed by atoms with Crippen LogP contribution in [0.2, 0.25) is 0 Å². The van der Waals surface area contributed by atoms with Gasteiger partial charge in [0.2, 0.25) is 0 Å². The van der Waals surface area contributed by atoms with Crippen molar-refractivity contribution in [2.45, 2.75) is 37.5 Å². The van der Waals surface area contributed by atoms with Crippen molar-refractivity contribution >= 4 is 6.54 Å². The average Bonchev–Trinajstić information content (AvgIpc) is 3.74. The molecule has 0 bridgehead atoms. The molecule has 0 spiro atoms. The van der Waals surface area contributed by atoms with Gasteiger partial charge in [-0.15, -0.1) is 0 Å². The summed E-state index contributed by atoms with van der Waals surface area (Å²) >= 11 is -1.05. The second-order valence-electron chi connectivity index (χ2n) is 11.1. The van der Waals surface area contributed by atoms with Crippen LogP contribution >= 0.6 is 0 Å². The summed E-state index contributed by atoms with van der Waals surface area (Å²) in [5.74, 6) is 2.30. The Labute approximate surface area is 256 Å². The van der Waals surface area contributed by atoms with E-state index in [9.17, 15) is 0 Å². The first kappa shape index (κ1) is 27.0. The van der Waals surface area contributed by atoms with Crippen LogP contribution in [-0.4, -0.2) is 0 Å². The monoisotopic (exact) mass is 622 g/mol. The maximum atomic E-state index is 2.51. The van der Waals surface area contributed by atoms with E-state index in [1.165, 1.54) is 47.9 Å². The summed E-state index contributed by atoms with van der Waals surface area (Å²) in [5, 5.41) is 0. The van der Waals surface area contributed by atoms with Gasteiger partial charge in [0, 0.05) is 0 Å². The number of benzene rings is 4. The second kappa shape index (κ2) is 11.0. The largest absolute Gasteiger partial charge is 1.00 e. The van der Waals surface area contributed by atoms with Gasteiger partial charge in [0.05, 0.1) is 0 Å². The minimum absolute atomic E-state index is 0. The van der Waals surface area contributed by atoms with Crippen LogP contribution in [0.1, 0.15) is 59.8 Å². The number of halogens is 2. The van der Waals surface area contributed by atoms with Crippen molar-refractivity contribution in [3.63, 3.8) is 0 Å². The molecule has 0 N–H and O–H groups in total. The maximum absolute atomic E-state index is 2.51. The zero-order chi connectivity index (χ0) is 24.3. The Morgan fingerprint density at radius 2 is 0.923 bits per heavy atom. The zero-order valence-corrected chi connectivity index (χ0v) is 25.8. The first-order valence-electron chi connectivity index (χ1n) is 13.9. The van der Waals surface area contributed by atoms with Gasteiger partial charge in [-0.1, -0.05) is 0 Å². The van der Waals surface area contributed by atoms with Crippen LogP contribution in [0.25, 0.3) is 22.3 Å². The van der Waals surface area contributed by atoms with E-state index in [2.05, 4.69) is 109 Å². The van der Waals surface area contributed by atoms with Gasteiger partial charge < -0.3 is 24.8 Å². The third-order valence-electron chi connectivity index (χ3n) is 9.23. The minimum atomic E-state index is -1.05. The van der Waals surface area contributed by atoms with E-state index >= 15 is 0 Å². The van der Waals surface area contributed by atoms with Gasteiger partial charge in [0.25, 0.3) is 0 Å². The van der Waals surface area contributed by atoms with E-state index in [4.69, 9.17) is 0 Å². The van der Waals surface area contributed by atoms with Crippen LogP contribution < -0.4 is 31.4 Å². The first-order valence-corrected chi connectivity index (χ1v) is 16.4. The molecule has 0 nitrogen and oxygen atoms in total. The zero-order valence-electron chi connectivity index (χ0n) is 21.8. The van der Waals surface area contributed by atoms with Crippen molar-refractivity contribution in [2.75, 3.05) is 0 Å². The molecule has 0 fully saturated rings. The van der Waals surface area contributed by atoms with Crippen LogP contribution in [0.5, 0.6) is 0 Å². The molecule has 0 aliphatic heterocycles. The average molecular weight is 625 g/mol. The summed E-state index contributed by atoms with van der Waals surface area (Å²) in [7, 11) is 0. The van der Waals surface area contributed by atoms with Crippen LogP contribution in [0.15, 0.2) is 109 Å². The molecule has 192 valence electrons. The van der Waals surface area contributed by atoms with Crippen molar-refractivity contribution in [3.05, 3.63) is 131 Å². The number of hydrogen-bond acceptors (Lipinski definition) is 0. The Hall–Kier alpha value is -2.18. The summed E-state index contributed by atoms with van der Waals surface area (Å²) in [6.07, 6.45) is 14.9. The Morgan fingerprint density at radius 3 is 1.36 bits per heavy atom. The standard InChI is InChI=1S/2C18H15.2ClH.Zr/c2*1-2-8-13(7-1)18-16-11-5-3-9-14(16)15-10-4-6-12-17(15)18;;;/h2*1,3-7,9-11,13,18H,2,8H2;2*1H;/q;;;;+2/p-2. The minimum Gasteiger partial charge on any atom is -1.00 e. The van der Waals surface area contributed by atoms with Gasteiger partial charge in [-0.05, 0) is 0 Å². The van der Waals surface area contributed by atoms with E-state index in [-0.39, 0.29) is 24.8 Å². The Balaban J connectivity index is 0.00000138. The van der Waals surface area contributed by atoms with Crippen molar-refractivity contribution in [2.24, 2.45) is 11.8 Å². The van der Waals surface area contributed by atoms with Gasteiger partial charge in [-0.25, -0.2) is 0 Å². The van der Waals surface area contributed by atoms with Crippen molar-refractivity contribution in [3.8, 4) is 22.3 Å². The fourth-order valence-electron chi connectivity index (χ4n) is 7.73. The maximum Gasteiger partial charge on any atom is -1.00 e. The molecule has 39 heavy (non-hydrogen) atoms. The summed E-state index contributed by atoms with van der Waals surface area (Å²) in [5.41, 5.74) is 12.4. The molecule has 4 aliphatic rings. The molecule has 4 atom stereocenters. The van der Waals surface area contributed by atoms with Gasteiger partial charge in [0.1, 0.15) is 0 Å². The Morgan fingerprint density at radius 1 is 0.487 bits per heavy atom. The topological polar surface area (TPSA) is 0 Å². The summed E-state index contributed by atoms with van der Waals surface area (Å²) in [6.45, 7) is 0. The van der Waals surface area contributed by atoms with Crippen molar-refractivity contribution in [1.29, 1.82) is 0 Å². The van der Waals surface area contributed by atoms with Crippen LogP contribution in [0.4, 0.5) is 0 Å². The molecule has 4 aromatic rings. The van der Waals surface area contributed by atoms with Crippen LogP contribution in [-0.2, 0) is 23.2 Å². The third kappa shape index (κ3) is 4.28. The SMILES string of the molecule is C1=CC(C2c3ccccc3-c3ccc[c]([Zr+2][c]4cccc5c4C(C4C=CCC4)c4ccccc4-5)c32)CC1.[Cl-].[Cl-]. The van der Waals surface area contributed by atoms with Crippen molar-refractivity contribution in [1.82, 2.24) is 0 Å². The van der Waals surface area contributed by atoms with Crippen molar-refractivity contribution < 1.29 is 48.0 Å². The smallest absolute Gasteiger partial charge is 1.00 e. The fraction of sp³-hybridized carbons (Fsp3) is 0.222. The number of rotatable bonds is 4. The quantitative estimate of drug-likeness (QED) is 0.305. The summed E-state index contributed by atoms with van der Waals surface area (Å²) in [6, 6.07) is 32.9. The molecular weight excluding hydrogens is 595 g/mol. The molecule has 4 aliphatic carbocycles. The molecule has 8 rings (SSSR count). The predicted molar refractivity (Wildman–Crippen MR) is 150 cm³/mol. The molecule has 0 aromatic heterocycles. The molecule has 3 heteroatoms. The summed E-state index contributed by atoms with van der Waals surface area (Å²) in [4.78, 5) is 0. The summed E-state index contributed by atoms with van der Waals surface area (Å²) < 4.78 is 3.38. The molecule has 4 unspecified atom stereocenters. The van der Waals surface area contributed by atoms with Gasteiger partial charge in [-0.3, -0.25) is 0 Å². The molecular formula is C36H30Cl2Zr. The van der Waals surface area contributed by atoms with Gasteiger partial charge in [0.15, 0.2) is 0 Å². The second-order valence-corrected chi connectivity index (χ2v) is 14.4. The molecule has 0 radical (unpaired) electrons. The predicted octanol–water partition coefficient (Wildman–Crippen LogP) is 1.88. The van der Waals surface area contributed by atoms with E-state index < -0.39 is 23.2 Å². The van der Waals surface area contributed by atoms with E-state index in [1.807, 2.05) is 0 Å². The molecule has 0 saturated heterocycles. The van der Waals surface area contributed by atoms with Crippen LogP contribution in [0, 0.1) is 11.8 Å². The van der Waals surface area contributed by atoms with Gasteiger partial charge >= 0.3 is 233 Å². The number of allylic oxidation sites excluding steroid dienone is 4. The molecule has 4 aromatic carbocycles. The number of fused-ring (bicyclic) bond motifs is 6. The number of hydrogen-bond donors (Lipinski definition) is 0. The van der Waals surface area contributed by atoms with E-state index in [0.29, 0.717) is 23.7 Å². The Bertz CT molecular complexity index is 1480. The Kier molecular flexibility index (Phi) is 7.62. The fourth-order valence-corrected chi connectivity index (χ4v) is 11.4. The van der Waals surface area contributed by atoms with Crippen LogP contribution in [0.3, 0.4) is 0 Å². The molecule has 0 saturated carbocycles. The molecule has 0 amide bonds. The first-order chi connectivity index (χ1) is 18.4. The van der Waals surface area contributed by atoms with E-state index in [0.717, 1.165) is 0 Å². The third-order valence-corrected chi connectivity index (χ3v) is 12.7. The van der Waals surface area contributed by atoms with E-state index in [1.54, 1.807) is 28.8 Å². The molecule has 0 heterocycles. The normalized spacial score (nSPS) is 22.8. The van der Waals surface area contributed by atoms with Gasteiger partial charge in [-0.2, -0.15) is 0 Å².